The summed E-state index contributed by atoms with van der Waals surface area (Å²) < 4.78 is 5.61. The molecule has 1 fully saturated rings. The molecule has 0 aliphatic carbocycles. The minimum Gasteiger partial charge on any atom is -0.379 e. The van der Waals surface area contributed by atoms with Crippen LogP contribution in [0.1, 0.15) is 41.4 Å². The van der Waals surface area contributed by atoms with Crippen molar-refractivity contribution in [3.8, 4) is 0 Å². The van der Waals surface area contributed by atoms with E-state index in [1.807, 2.05) is 6.92 Å². The van der Waals surface area contributed by atoms with Crippen molar-refractivity contribution in [2.45, 2.75) is 45.7 Å². The highest BCUT2D eigenvalue weighted by atomic mass is 16.5. The molecule has 2 atom stereocenters. The maximum absolute atomic E-state index is 5.61. The Morgan fingerprint density at radius 3 is 2.76 bits per heavy atom. The fourth-order valence-corrected chi connectivity index (χ4v) is 2.58. The van der Waals surface area contributed by atoms with Gasteiger partial charge in [-0.3, -0.25) is 10.2 Å². The Balaban J connectivity index is 1.65. The summed E-state index contributed by atoms with van der Waals surface area (Å²) in [7, 11) is 0. The molecule has 0 radical (unpaired) electrons. The maximum Gasteiger partial charge on any atom is 0.157 e. The normalized spacial score (nSPS) is 22.0. The molecular formula is C14H22N6O. The van der Waals surface area contributed by atoms with E-state index in [2.05, 4.69) is 44.5 Å². The molecular weight excluding hydrogens is 268 g/mol. The van der Waals surface area contributed by atoms with E-state index >= 15 is 0 Å². The second-order valence-electron chi connectivity index (χ2n) is 5.55. The van der Waals surface area contributed by atoms with Crippen LogP contribution in [0.4, 0.5) is 0 Å². The van der Waals surface area contributed by atoms with E-state index in [0.29, 0.717) is 13.2 Å². The molecule has 2 aromatic heterocycles. The van der Waals surface area contributed by atoms with Gasteiger partial charge in [0.2, 0.25) is 0 Å². The second-order valence-corrected chi connectivity index (χ2v) is 5.55. The fourth-order valence-electron chi connectivity index (χ4n) is 2.58. The first-order valence-corrected chi connectivity index (χ1v) is 7.41. The predicted molar refractivity (Wildman–Crippen MR) is 78.0 cm³/mol. The highest BCUT2D eigenvalue weighted by Crippen LogP contribution is 2.23. The predicted octanol–water partition coefficient (Wildman–Crippen LogP) is 0.979. The molecule has 0 aromatic carbocycles. The van der Waals surface area contributed by atoms with E-state index in [1.54, 1.807) is 0 Å². The Kier molecular flexibility index (Phi) is 4.03. The minimum atomic E-state index is 0.196. The quantitative estimate of drug-likeness (QED) is 0.763. The molecule has 0 bridgehead atoms. The highest BCUT2D eigenvalue weighted by molar-refractivity contribution is 5.22. The van der Waals surface area contributed by atoms with Crippen molar-refractivity contribution in [2.24, 2.45) is 0 Å². The number of H-pyrrole nitrogens is 2. The summed E-state index contributed by atoms with van der Waals surface area (Å²) in [5, 5.41) is 18.2. The molecule has 21 heavy (non-hydrogen) atoms. The number of hydrogen-bond donors (Lipinski definition) is 3. The third-order valence-corrected chi connectivity index (χ3v) is 4.18. The van der Waals surface area contributed by atoms with Crippen molar-refractivity contribution in [2.75, 3.05) is 13.2 Å². The summed E-state index contributed by atoms with van der Waals surface area (Å²) in [5.41, 5.74) is 3.39. The van der Waals surface area contributed by atoms with Gasteiger partial charge in [0.15, 0.2) is 5.82 Å². The van der Waals surface area contributed by atoms with E-state index in [0.717, 1.165) is 36.0 Å². The number of nitrogens with zero attached hydrogens (tertiary/aromatic N) is 3. The summed E-state index contributed by atoms with van der Waals surface area (Å²) >= 11 is 0. The zero-order valence-electron chi connectivity index (χ0n) is 12.7. The van der Waals surface area contributed by atoms with Gasteiger partial charge in [-0.2, -0.15) is 10.2 Å². The minimum absolute atomic E-state index is 0.196. The first-order chi connectivity index (χ1) is 10.2. The Morgan fingerprint density at radius 1 is 1.24 bits per heavy atom. The van der Waals surface area contributed by atoms with Crippen LogP contribution >= 0.6 is 0 Å². The molecule has 0 unspecified atom stereocenters. The van der Waals surface area contributed by atoms with Gasteiger partial charge in [0.1, 0.15) is 5.82 Å². The van der Waals surface area contributed by atoms with Crippen LogP contribution < -0.4 is 5.32 Å². The fraction of sp³-hybridized carbons (Fsp3) is 0.643. The van der Waals surface area contributed by atoms with Crippen LogP contribution in [-0.4, -0.2) is 44.6 Å². The van der Waals surface area contributed by atoms with Crippen LogP contribution in [0.2, 0.25) is 0 Å². The zero-order valence-corrected chi connectivity index (χ0v) is 12.7. The van der Waals surface area contributed by atoms with Gasteiger partial charge in [0.25, 0.3) is 0 Å². The van der Waals surface area contributed by atoms with Gasteiger partial charge < -0.3 is 10.1 Å². The van der Waals surface area contributed by atoms with E-state index in [1.165, 1.54) is 5.56 Å². The monoisotopic (exact) mass is 290 g/mol. The van der Waals surface area contributed by atoms with Crippen molar-refractivity contribution in [3.05, 3.63) is 28.6 Å². The Hall–Kier alpha value is -1.73. The van der Waals surface area contributed by atoms with E-state index in [9.17, 15) is 0 Å². The lowest BCUT2D eigenvalue weighted by Crippen LogP contribution is -2.34. The van der Waals surface area contributed by atoms with Crippen molar-refractivity contribution >= 4 is 0 Å². The number of hydrogen-bond acceptors (Lipinski definition) is 5. The molecule has 1 aliphatic rings. The van der Waals surface area contributed by atoms with Crippen LogP contribution in [0, 0.1) is 13.8 Å². The van der Waals surface area contributed by atoms with Crippen LogP contribution in [0.25, 0.3) is 0 Å². The topological polar surface area (TPSA) is 91.5 Å². The van der Waals surface area contributed by atoms with Crippen molar-refractivity contribution in [1.29, 1.82) is 0 Å². The number of nitrogens with one attached hydrogen (secondary N) is 3. The summed E-state index contributed by atoms with van der Waals surface area (Å²) in [6, 6.07) is 0.224. The lowest BCUT2D eigenvalue weighted by atomic mass is 10.0. The molecule has 1 saturated heterocycles. The van der Waals surface area contributed by atoms with Gasteiger partial charge in [-0.05, 0) is 19.4 Å². The molecule has 0 amide bonds. The SMILES string of the molecule is CCc1nc([C@@H]2COC[C@@H]2NCc2n[nH]c(C)c2C)n[nH]1. The Bertz CT molecular complexity index is 604. The smallest absolute Gasteiger partial charge is 0.157 e. The van der Waals surface area contributed by atoms with Gasteiger partial charge in [-0.1, -0.05) is 6.92 Å². The van der Waals surface area contributed by atoms with E-state index in [4.69, 9.17) is 4.74 Å². The van der Waals surface area contributed by atoms with Gasteiger partial charge in [-0.15, -0.1) is 0 Å². The molecule has 3 rings (SSSR count). The van der Waals surface area contributed by atoms with Gasteiger partial charge in [0.05, 0.1) is 24.8 Å². The van der Waals surface area contributed by atoms with Crippen molar-refractivity contribution in [3.63, 3.8) is 0 Å². The van der Waals surface area contributed by atoms with Gasteiger partial charge >= 0.3 is 0 Å². The van der Waals surface area contributed by atoms with Crippen LogP contribution in [-0.2, 0) is 17.7 Å². The first-order valence-electron chi connectivity index (χ1n) is 7.41. The first kappa shape index (κ1) is 14.2. The molecule has 2 aromatic rings. The summed E-state index contributed by atoms with van der Waals surface area (Å²) in [5.74, 6) is 1.97. The summed E-state index contributed by atoms with van der Waals surface area (Å²) in [6.07, 6.45) is 0.865. The van der Waals surface area contributed by atoms with E-state index < -0.39 is 0 Å². The summed E-state index contributed by atoms with van der Waals surface area (Å²) in [4.78, 5) is 4.53. The molecule has 3 N–H and O–H groups in total. The third kappa shape index (κ3) is 2.84. The molecule has 7 nitrogen and oxygen atoms in total. The average molecular weight is 290 g/mol. The molecule has 1 aliphatic heterocycles. The molecule has 0 spiro atoms. The number of aromatic amines is 2. The molecule has 114 valence electrons. The largest absolute Gasteiger partial charge is 0.379 e. The standard InChI is InChI=1S/C14H22N6O/c1-4-13-16-14(20-19-13)10-6-21-7-12(10)15-5-11-8(2)9(3)17-18-11/h10,12,15H,4-7H2,1-3H3,(H,17,18)(H,16,19,20)/t10-,12+/m1/s1. The molecule has 0 saturated carbocycles. The van der Waals surface area contributed by atoms with Crippen molar-refractivity contribution < 1.29 is 4.74 Å². The number of aromatic nitrogens is 5. The van der Waals surface area contributed by atoms with Gasteiger partial charge in [0, 0.05) is 24.7 Å². The molecule has 3 heterocycles. The highest BCUT2D eigenvalue weighted by Gasteiger charge is 2.32. The Labute approximate surface area is 123 Å². The summed E-state index contributed by atoms with van der Waals surface area (Å²) in [6.45, 7) is 8.26. The third-order valence-electron chi connectivity index (χ3n) is 4.18. The average Bonchev–Trinajstić information content (AvgIpc) is 3.19. The second kappa shape index (κ2) is 5.95. The Morgan fingerprint density at radius 2 is 2.10 bits per heavy atom. The van der Waals surface area contributed by atoms with Gasteiger partial charge in [-0.25, -0.2) is 4.98 Å². The van der Waals surface area contributed by atoms with Crippen molar-refractivity contribution in [1.82, 2.24) is 30.7 Å². The van der Waals surface area contributed by atoms with Crippen LogP contribution in [0.5, 0.6) is 0 Å². The lowest BCUT2D eigenvalue weighted by Gasteiger charge is -2.16. The van der Waals surface area contributed by atoms with Crippen LogP contribution in [0.15, 0.2) is 0 Å². The number of aryl methyl sites for hydroxylation is 2. The van der Waals surface area contributed by atoms with Crippen LogP contribution in [0.3, 0.4) is 0 Å². The molecule has 7 heteroatoms. The number of ether oxygens (including phenoxy) is 1. The lowest BCUT2D eigenvalue weighted by molar-refractivity contribution is 0.187. The van der Waals surface area contributed by atoms with E-state index in [-0.39, 0.29) is 12.0 Å². The number of rotatable bonds is 5. The maximum atomic E-state index is 5.61. The zero-order chi connectivity index (χ0) is 14.8.